The van der Waals surface area contributed by atoms with E-state index >= 15 is 0 Å². The molecule has 0 radical (unpaired) electrons. The van der Waals surface area contributed by atoms with Crippen molar-refractivity contribution in [2.75, 3.05) is 0 Å². The third-order valence-electron chi connectivity index (χ3n) is 4.39. The zero-order valence-electron chi connectivity index (χ0n) is 15.8. The molecule has 0 spiro atoms. The molecule has 4 nitrogen and oxygen atoms in total. The molecule has 1 aromatic rings. The van der Waals surface area contributed by atoms with Gasteiger partial charge in [-0.15, -0.1) is 0 Å². The molecule has 6 heteroatoms. The van der Waals surface area contributed by atoms with Crippen molar-refractivity contribution < 1.29 is 69.5 Å². The van der Waals surface area contributed by atoms with Gasteiger partial charge >= 0.3 is 51.4 Å². The van der Waals surface area contributed by atoms with E-state index in [1.54, 1.807) is 6.07 Å². The van der Waals surface area contributed by atoms with E-state index in [0.29, 0.717) is 12.0 Å². The van der Waals surface area contributed by atoms with E-state index in [4.69, 9.17) is 4.55 Å². The normalized spacial score (nSPS) is 11.3. The predicted molar refractivity (Wildman–Crippen MR) is 95.9 cm³/mol. The summed E-state index contributed by atoms with van der Waals surface area (Å²) in [6, 6.07) is 4.31. The van der Waals surface area contributed by atoms with Crippen LogP contribution in [0.1, 0.15) is 83.1 Å². The quantitative estimate of drug-likeness (QED) is 0.315. The van der Waals surface area contributed by atoms with Gasteiger partial charge in [0.25, 0.3) is 10.1 Å². The maximum absolute atomic E-state index is 12.0. The molecule has 1 aromatic carbocycles. The first-order chi connectivity index (χ1) is 11.5. The Morgan fingerprint density at radius 2 is 1.36 bits per heavy atom. The van der Waals surface area contributed by atoms with Crippen LogP contribution in [0.3, 0.4) is 0 Å². The fraction of sp³-hybridized carbons (Fsp3) is 0.684. The van der Waals surface area contributed by atoms with Crippen LogP contribution in [0.2, 0.25) is 0 Å². The summed E-state index contributed by atoms with van der Waals surface area (Å²) < 4.78 is 31.3. The molecule has 25 heavy (non-hydrogen) atoms. The van der Waals surface area contributed by atoms with Crippen LogP contribution in [0.15, 0.2) is 23.1 Å². The van der Waals surface area contributed by atoms with Gasteiger partial charge in [-0.3, -0.25) is 4.55 Å². The zero-order chi connectivity index (χ0) is 17.8. The standard InChI is InChI=1S/C19H32O4S.K/c1-2-3-4-5-6-7-8-9-10-11-12-14-17-15-13-16-18(19(17)20)24(21,22)23;/h13,15-16,20H,2-12,14H2,1H3,(H,21,22,23);/q;+1/p-1. The van der Waals surface area contributed by atoms with Crippen LogP contribution in [0, 0.1) is 0 Å². The van der Waals surface area contributed by atoms with E-state index in [-0.39, 0.29) is 51.4 Å². The molecule has 0 aliphatic rings. The summed E-state index contributed by atoms with van der Waals surface area (Å²) in [5.41, 5.74) is 0.473. The fourth-order valence-electron chi connectivity index (χ4n) is 2.94. The molecule has 0 aliphatic carbocycles. The maximum atomic E-state index is 12.0. The number of hydrogen-bond donors (Lipinski definition) is 1. The minimum atomic E-state index is -4.42. The molecule has 0 heterocycles. The number of unbranched alkanes of at least 4 members (excludes halogenated alkanes) is 10. The van der Waals surface area contributed by atoms with Crippen molar-refractivity contribution in [3.8, 4) is 5.75 Å². The fourth-order valence-corrected chi connectivity index (χ4v) is 3.56. The van der Waals surface area contributed by atoms with Gasteiger partial charge in [-0.1, -0.05) is 94.6 Å². The Bertz CT molecular complexity index is 573. The Labute approximate surface area is 196 Å². The number of para-hydroxylation sites is 1. The molecule has 1 N–H and O–H groups in total. The smallest absolute Gasteiger partial charge is 0.871 e. The Morgan fingerprint density at radius 1 is 0.880 bits per heavy atom. The Hall–Kier alpha value is 0.566. The van der Waals surface area contributed by atoms with Gasteiger partial charge < -0.3 is 5.11 Å². The molecule has 0 amide bonds. The van der Waals surface area contributed by atoms with Crippen molar-refractivity contribution in [2.45, 2.75) is 88.9 Å². The van der Waals surface area contributed by atoms with Crippen LogP contribution >= 0.6 is 0 Å². The monoisotopic (exact) mass is 394 g/mol. The van der Waals surface area contributed by atoms with Crippen LogP contribution in [-0.4, -0.2) is 13.0 Å². The molecule has 0 saturated heterocycles. The molecule has 0 atom stereocenters. The first-order valence-corrected chi connectivity index (χ1v) is 10.7. The third kappa shape index (κ3) is 11.1. The summed E-state index contributed by atoms with van der Waals surface area (Å²) in [5.74, 6) is -0.563. The Balaban J connectivity index is 0.00000576. The molecule has 0 bridgehead atoms. The number of hydrogen-bond acceptors (Lipinski definition) is 3. The summed E-state index contributed by atoms with van der Waals surface area (Å²) in [6.07, 6.45) is 14.1. The molecule has 0 fully saturated rings. The van der Waals surface area contributed by atoms with E-state index in [9.17, 15) is 13.5 Å². The van der Waals surface area contributed by atoms with E-state index < -0.39 is 20.8 Å². The third-order valence-corrected chi connectivity index (χ3v) is 5.27. The first kappa shape index (κ1) is 25.6. The number of rotatable bonds is 13. The molecule has 1 rings (SSSR count). The molecule has 138 valence electrons. The number of benzene rings is 1. The van der Waals surface area contributed by atoms with Gasteiger partial charge in [0.1, 0.15) is 0 Å². The van der Waals surface area contributed by atoms with Gasteiger partial charge in [0, 0.05) is 0 Å². The number of aryl methyl sites for hydroxylation is 1. The van der Waals surface area contributed by atoms with Crippen LogP contribution in [0.5, 0.6) is 5.75 Å². The average molecular weight is 395 g/mol. The van der Waals surface area contributed by atoms with Gasteiger partial charge in [-0.25, -0.2) is 0 Å². The predicted octanol–water partition coefficient (Wildman–Crippen LogP) is 1.86. The van der Waals surface area contributed by atoms with Crippen molar-refractivity contribution >= 4 is 10.1 Å². The summed E-state index contributed by atoms with van der Waals surface area (Å²) in [6.45, 7) is 2.23. The van der Waals surface area contributed by atoms with Gasteiger partial charge in [0.05, 0.1) is 4.90 Å². The molecule has 0 unspecified atom stereocenters. The SMILES string of the molecule is CCCCCCCCCCCCCc1cccc(S(=O)(=O)O)c1[O-].[K+]. The van der Waals surface area contributed by atoms with Gasteiger partial charge in [0.15, 0.2) is 0 Å². The van der Waals surface area contributed by atoms with Gasteiger partial charge in [0.2, 0.25) is 0 Å². The van der Waals surface area contributed by atoms with Crippen molar-refractivity contribution in [3.05, 3.63) is 23.8 Å². The molecular formula is C19H31KO4S. The van der Waals surface area contributed by atoms with Crippen molar-refractivity contribution in [2.24, 2.45) is 0 Å². The van der Waals surface area contributed by atoms with Crippen molar-refractivity contribution in [3.63, 3.8) is 0 Å². The minimum Gasteiger partial charge on any atom is -0.871 e. The van der Waals surface area contributed by atoms with Crippen molar-refractivity contribution in [1.82, 2.24) is 0 Å². The molecule has 0 aromatic heterocycles. The van der Waals surface area contributed by atoms with E-state index in [2.05, 4.69) is 6.92 Å². The van der Waals surface area contributed by atoms with Crippen LogP contribution in [0.4, 0.5) is 0 Å². The summed E-state index contributed by atoms with van der Waals surface area (Å²) in [7, 11) is -4.42. The van der Waals surface area contributed by atoms with Crippen molar-refractivity contribution in [1.29, 1.82) is 0 Å². The van der Waals surface area contributed by atoms with Crippen LogP contribution in [-0.2, 0) is 16.5 Å². The maximum Gasteiger partial charge on any atom is 1.00 e. The molecule has 0 saturated carbocycles. The Morgan fingerprint density at radius 3 is 1.84 bits per heavy atom. The second-order valence-corrected chi connectivity index (χ2v) is 7.89. The summed E-state index contributed by atoms with van der Waals surface area (Å²) >= 11 is 0. The van der Waals surface area contributed by atoms with Crippen LogP contribution < -0.4 is 56.5 Å². The minimum absolute atomic E-state index is 0. The summed E-state index contributed by atoms with van der Waals surface area (Å²) in [5, 5.41) is 12.0. The van der Waals surface area contributed by atoms with E-state index in [0.717, 1.165) is 25.3 Å². The second kappa shape index (κ2) is 14.6. The Kier molecular flexibility index (Phi) is 14.9. The summed E-state index contributed by atoms with van der Waals surface area (Å²) in [4.78, 5) is -0.511. The average Bonchev–Trinajstić information content (AvgIpc) is 2.53. The molecule has 0 aliphatic heterocycles. The van der Waals surface area contributed by atoms with Gasteiger partial charge in [-0.05, 0) is 18.9 Å². The zero-order valence-corrected chi connectivity index (χ0v) is 19.7. The van der Waals surface area contributed by atoms with E-state index in [1.165, 1.54) is 57.4 Å². The first-order valence-electron chi connectivity index (χ1n) is 9.23. The topological polar surface area (TPSA) is 77.4 Å². The van der Waals surface area contributed by atoms with Crippen LogP contribution in [0.25, 0.3) is 0 Å². The van der Waals surface area contributed by atoms with E-state index in [1.807, 2.05) is 0 Å². The molecular weight excluding hydrogens is 363 g/mol. The largest absolute Gasteiger partial charge is 1.00 e. The second-order valence-electron chi connectivity index (χ2n) is 6.50. The van der Waals surface area contributed by atoms with Gasteiger partial charge in [-0.2, -0.15) is 8.42 Å².